The third-order valence-corrected chi connectivity index (χ3v) is 1.97. The summed E-state index contributed by atoms with van der Waals surface area (Å²) in [5.74, 6) is 0.521. The molecule has 0 radical (unpaired) electrons. The Bertz CT molecular complexity index is 492. The molecule has 0 amide bonds. The minimum atomic E-state index is -0.482. The zero-order valence-corrected chi connectivity index (χ0v) is 9.11. The Labute approximate surface area is 97.1 Å². The molecule has 1 rings (SSSR count). The van der Waals surface area contributed by atoms with Crippen LogP contribution in [0.2, 0.25) is 0 Å². The molecule has 0 aliphatic rings. The number of rotatable bonds is 5. The van der Waals surface area contributed by atoms with Crippen LogP contribution >= 0.6 is 0 Å². The number of methoxy groups -OCH3 is 1. The molecule has 0 aliphatic carbocycles. The topological polar surface area (TPSA) is 101 Å². The van der Waals surface area contributed by atoms with Gasteiger partial charge >= 0.3 is 0 Å². The molecule has 0 N–H and O–H groups in total. The van der Waals surface area contributed by atoms with Crippen LogP contribution in [0.15, 0.2) is 29.4 Å². The van der Waals surface area contributed by atoms with Crippen molar-refractivity contribution >= 4 is 11.8 Å². The Morgan fingerprint density at radius 1 is 1.65 bits per heavy atom. The number of hydrogen-bond acceptors (Lipinski definition) is 4. The summed E-state index contributed by atoms with van der Waals surface area (Å²) in [5.41, 5.74) is 8.64. The van der Waals surface area contributed by atoms with Gasteiger partial charge in [-0.2, -0.15) is 0 Å². The van der Waals surface area contributed by atoms with Gasteiger partial charge in [-0.1, -0.05) is 17.3 Å². The summed E-state index contributed by atoms with van der Waals surface area (Å²) in [6, 6.07) is 4.28. The SMILES string of the molecule is COc1ccc([N+](=O)[O-])cc1C=CCN=[N+]=[N-]. The van der Waals surface area contributed by atoms with Crippen LogP contribution in [-0.2, 0) is 0 Å². The lowest BCUT2D eigenvalue weighted by Crippen LogP contribution is -1.91. The van der Waals surface area contributed by atoms with Gasteiger partial charge in [0.2, 0.25) is 0 Å². The van der Waals surface area contributed by atoms with E-state index in [2.05, 4.69) is 10.0 Å². The Kier molecular flexibility index (Phi) is 4.53. The van der Waals surface area contributed by atoms with Gasteiger partial charge in [0.05, 0.1) is 12.0 Å². The van der Waals surface area contributed by atoms with Crippen molar-refractivity contribution in [2.75, 3.05) is 13.7 Å². The third-order valence-electron chi connectivity index (χ3n) is 1.97. The molecule has 0 unspecified atom stereocenters. The van der Waals surface area contributed by atoms with Crippen molar-refractivity contribution in [2.45, 2.75) is 0 Å². The maximum atomic E-state index is 10.6. The molecule has 0 saturated carbocycles. The predicted octanol–water partition coefficient (Wildman–Crippen LogP) is 2.93. The van der Waals surface area contributed by atoms with E-state index in [1.54, 1.807) is 12.2 Å². The summed E-state index contributed by atoms with van der Waals surface area (Å²) >= 11 is 0. The van der Waals surface area contributed by atoms with E-state index in [0.29, 0.717) is 11.3 Å². The van der Waals surface area contributed by atoms with E-state index in [1.165, 1.54) is 25.3 Å². The van der Waals surface area contributed by atoms with Crippen molar-refractivity contribution < 1.29 is 9.66 Å². The molecule has 88 valence electrons. The van der Waals surface area contributed by atoms with E-state index in [1.807, 2.05) is 0 Å². The van der Waals surface area contributed by atoms with Gasteiger partial charge < -0.3 is 4.74 Å². The molecule has 0 saturated heterocycles. The van der Waals surface area contributed by atoms with Gasteiger partial charge in [-0.25, -0.2) is 0 Å². The summed E-state index contributed by atoms with van der Waals surface area (Å²) in [7, 11) is 1.48. The molecular formula is C10H10N4O3. The Morgan fingerprint density at radius 3 is 3.00 bits per heavy atom. The highest BCUT2D eigenvalue weighted by Gasteiger charge is 2.08. The maximum absolute atomic E-state index is 10.6. The number of non-ortho nitro benzene ring substituents is 1. The first-order valence-corrected chi connectivity index (χ1v) is 4.69. The molecule has 0 bridgehead atoms. The first kappa shape index (κ1) is 12.5. The monoisotopic (exact) mass is 234 g/mol. The van der Waals surface area contributed by atoms with E-state index in [9.17, 15) is 10.1 Å². The van der Waals surface area contributed by atoms with Gasteiger partial charge in [0.25, 0.3) is 5.69 Å². The summed E-state index contributed by atoms with van der Waals surface area (Å²) in [5, 5.41) is 13.9. The zero-order chi connectivity index (χ0) is 12.7. The molecule has 0 fully saturated rings. The maximum Gasteiger partial charge on any atom is 0.270 e. The second-order valence-corrected chi connectivity index (χ2v) is 3.00. The lowest BCUT2D eigenvalue weighted by atomic mass is 10.1. The first-order valence-electron chi connectivity index (χ1n) is 4.69. The predicted molar refractivity (Wildman–Crippen MR) is 62.7 cm³/mol. The molecule has 0 heterocycles. The Balaban J connectivity index is 3.01. The fraction of sp³-hybridized carbons (Fsp3) is 0.200. The quantitative estimate of drug-likeness (QED) is 0.257. The van der Waals surface area contributed by atoms with E-state index in [0.717, 1.165) is 0 Å². The van der Waals surface area contributed by atoms with Crippen LogP contribution in [0.1, 0.15) is 5.56 Å². The molecule has 7 nitrogen and oxygen atoms in total. The van der Waals surface area contributed by atoms with Gasteiger partial charge in [0.1, 0.15) is 5.75 Å². The lowest BCUT2D eigenvalue weighted by Gasteiger charge is -2.03. The zero-order valence-electron chi connectivity index (χ0n) is 9.11. The van der Waals surface area contributed by atoms with Gasteiger partial charge in [-0.3, -0.25) is 10.1 Å². The van der Waals surface area contributed by atoms with Crippen molar-refractivity contribution in [3.05, 3.63) is 50.4 Å². The Hall–Kier alpha value is -2.53. The van der Waals surface area contributed by atoms with Crippen LogP contribution < -0.4 is 4.74 Å². The number of nitro benzene ring substituents is 1. The number of hydrogen-bond donors (Lipinski definition) is 0. The fourth-order valence-corrected chi connectivity index (χ4v) is 1.23. The van der Waals surface area contributed by atoms with Gasteiger partial charge in [-0.05, 0) is 11.6 Å². The standard InChI is InChI=1S/C10H10N4O3/c1-17-10-5-4-9(14(15)16)7-8(10)3-2-6-12-13-11/h2-5,7H,6H2,1H3. The van der Waals surface area contributed by atoms with Crippen LogP contribution in [-0.4, -0.2) is 18.6 Å². The first-order chi connectivity index (χ1) is 8.19. The smallest absolute Gasteiger partial charge is 0.270 e. The van der Waals surface area contributed by atoms with Crippen LogP contribution in [0, 0.1) is 10.1 Å². The highest BCUT2D eigenvalue weighted by Crippen LogP contribution is 2.24. The summed E-state index contributed by atoms with van der Waals surface area (Å²) < 4.78 is 5.06. The molecule has 0 spiro atoms. The summed E-state index contributed by atoms with van der Waals surface area (Å²) in [6.45, 7) is 0.183. The van der Waals surface area contributed by atoms with Crippen LogP contribution in [0.5, 0.6) is 5.75 Å². The van der Waals surface area contributed by atoms with Gasteiger partial charge in [-0.15, -0.1) is 0 Å². The fourth-order valence-electron chi connectivity index (χ4n) is 1.23. The van der Waals surface area contributed by atoms with Crippen LogP contribution in [0.4, 0.5) is 5.69 Å². The van der Waals surface area contributed by atoms with Crippen LogP contribution in [0.25, 0.3) is 16.5 Å². The van der Waals surface area contributed by atoms with Crippen molar-refractivity contribution in [3.63, 3.8) is 0 Å². The highest BCUT2D eigenvalue weighted by molar-refractivity contribution is 5.61. The van der Waals surface area contributed by atoms with Crippen molar-refractivity contribution in [3.8, 4) is 5.75 Å². The molecule has 7 heteroatoms. The summed E-state index contributed by atoms with van der Waals surface area (Å²) in [6.07, 6.45) is 3.21. The Morgan fingerprint density at radius 2 is 2.41 bits per heavy atom. The third kappa shape index (κ3) is 3.51. The van der Waals surface area contributed by atoms with E-state index in [-0.39, 0.29) is 12.2 Å². The average molecular weight is 234 g/mol. The highest BCUT2D eigenvalue weighted by atomic mass is 16.6. The van der Waals surface area contributed by atoms with E-state index >= 15 is 0 Å². The number of nitrogens with zero attached hydrogens (tertiary/aromatic N) is 4. The second kappa shape index (κ2) is 6.14. The summed E-state index contributed by atoms with van der Waals surface area (Å²) in [4.78, 5) is 12.7. The molecule has 1 aromatic rings. The average Bonchev–Trinajstić information content (AvgIpc) is 2.34. The number of benzene rings is 1. The molecule has 1 aromatic carbocycles. The molecule has 17 heavy (non-hydrogen) atoms. The molecule has 0 aliphatic heterocycles. The number of ether oxygens (including phenoxy) is 1. The van der Waals surface area contributed by atoms with E-state index < -0.39 is 4.92 Å². The normalized spacial score (nSPS) is 9.94. The van der Waals surface area contributed by atoms with Crippen LogP contribution in [0.3, 0.4) is 0 Å². The lowest BCUT2D eigenvalue weighted by molar-refractivity contribution is -0.384. The molecule has 0 aromatic heterocycles. The largest absolute Gasteiger partial charge is 0.496 e. The minimum absolute atomic E-state index is 0.0192. The number of nitro groups is 1. The van der Waals surface area contributed by atoms with Crippen molar-refractivity contribution in [1.82, 2.24) is 0 Å². The van der Waals surface area contributed by atoms with Gasteiger partial charge in [0, 0.05) is 29.2 Å². The van der Waals surface area contributed by atoms with Crippen molar-refractivity contribution in [1.29, 1.82) is 0 Å². The second-order valence-electron chi connectivity index (χ2n) is 3.00. The van der Waals surface area contributed by atoms with Crippen molar-refractivity contribution in [2.24, 2.45) is 5.11 Å². The molecule has 0 atom stereocenters. The van der Waals surface area contributed by atoms with Gasteiger partial charge in [0.15, 0.2) is 0 Å². The van der Waals surface area contributed by atoms with E-state index in [4.69, 9.17) is 10.3 Å². The number of azide groups is 1. The minimum Gasteiger partial charge on any atom is -0.496 e. The molecular weight excluding hydrogens is 224 g/mol.